The molecule has 0 saturated carbocycles. The number of nitrogens with zero attached hydrogens (tertiary/aromatic N) is 3. The summed E-state index contributed by atoms with van der Waals surface area (Å²) >= 11 is 0. The van der Waals surface area contributed by atoms with Gasteiger partial charge in [0.15, 0.2) is 0 Å². The summed E-state index contributed by atoms with van der Waals surface area (Å²) in [7, 11) is 0. The van der Waals surface area contributed by atoms with E-state index in [2.05, 4.69) is 16.9 Å². The highest BCUT2D eigenvalue weighted by atomic mass is 16.5. The average Bonchev–Trinajstić information content (AvgIpc) is 2.31. The minimum absolute atomic E-state index is 0.172. The van der Waals surface area contributed by atoms with Gasteiger partial charge in [0.25, 0.3) is 0 Å². The van der Waals surface area contributed by atoms with Gasteiger partial charge >= 0.3 is 0 Å². The number of hydrogen-bond donors (Lipinski definition) is 0. The Morgan fingerprint density at radius 3 is 3.10 bits per heavy atom. The summed E-state index contributed by atoms with van der Waals surface area (Å²) in [6, 6.07) is 0. The molecule has 0 unspecified atom stereocenters. The third-order valence-corrected chi connectivity index (χ3v) is 1.63. The molecular weight excluding hydrogens is 130 g/mol. The molecule has 1 heterocycles. The van der Waals surface area contributed by atoms with Crippen molar-refractivity contribution in [2.45, 2.75) is 19.4 Å². The first-order valence-electron chi connectivity index (χ1n) is 3.45. The van der Waals surface area contributed by atoms with Gasteiger partial charge in [0.1, 0.15) is 0 Å². The maximum Gasteiger partial charge on any atom is 0.0634 e. The molecular formula is C6H11N3O. The van der Waals surface area contributed by atoms with Crippen LogP contribution in [0.25, 0.3) is 10.4 Å². The summed E-state index contributed by atoms with van der Waals surface area (Å²) in [4.78, 5) is 2.67. The predicted octanol–water partition coefficient (Wildman–Crippen LogP) is 1.72. The third kappa shape index (κ3) is 1.90. The van der Waals surface area contributed by atoms with Gasteiger partial charge in [-0.15, -0.1) is 0 Å². The minimum Gasteiger partial charge on any atom is -0.378 e. The van der Waals surface area contributed by atoms with Crippen molar-refractivity contribution < 1.29 is 4.74 Å². The van der Waals surface area contributed by atoms with Crippen LogP contribution < -0.4 is 0 Å². The fourth-order valence-electron chi connectivity index (χ4n) is 1.14. The lowest BCUT2D eigenvalue weighted by molar-refractivity contribution is 0.113. The highest BCUT2D eigenvalue weighted by molar-refractivity contribution is 4.72. The van der Waals surface area contributed by atoms with Crippen LogP contribution in [0.4, 0.5) is 0 Å². The van der Waals surface area contributed by atoms with Crippen molar-refractivity contribution in [1.82, 2.24) is 0 Å². The molecule has 0 aromatic rings. The van der Waals surface area contributed by atoms with Gasteiger partial charge in [-0.1, -0.05) is 12.0 Å². The summed E-state index contributed by atoms with van der Waals surface area (Å²) in [5.74, 6) is 0.624. The number of azide groups is 1. The van der Waals surface area contributed by atoms with Crippen molar-refractivity contribution >= 4 is 0 Å². The molecule has 1 fully saturated rings. The SMILES string of the molecule is C[C@@H]1CO[C@H](CN=[N+]=[N-])C1. The predicted molar refractivity (Wildman–Crippen MR) is 37.5 cm³/mol. The Kier molecular flexibility index (Phi) is 2.54. The fraction of sp³-hybridized carbons (Fsp3) is 1.00. The highest BCUT2D eigenvalue weighted by Crippen LogP contribution is 2.18. The largest absolute Gasteiger partial charge is 0.378 e. The molecule has 10 heavy (non-hydrogen) atoms. The van der Waals surface area contributed by atoms with Gasteiger partial charge in [-0.3, -0.25) is 0 Å². The Labute approximate surface area is 59.8 Å². The van der Waals surface area contributed by atoms with Crippen LogP contribution in [0.3, 0.4) is 0 Å². The second kappa shape index (κ2) is 3.44. The van der Waals surface area contributed by atoms with E-state index < -0.39 is 0 Å². The molecule has 0 aromatic carbocycles. The average molecular weight is 141 g/mol. The second-order valence-corrected chi connectivity index (χ2v) is 2.71. The van der Waals surface area contributed by atoms with E-state index in [1.807, 2.05) is 0 Å². The molecule has 0 N–H and O–H groups in total. The Morgan fingerprint density at radius 1 is 1.80 bits per heavy atom. The normalized spacial score (nSPS) is 31.7. The maximum atomic E-state index is 8.00. The second-order valence-electron chi connectivity index (χ2n) is 2.71. The zero-order valence-corrected chi connectivity index (χ0v) is 6.03. The van der Waals surface area contributed by atoms with Crippen molar-refractivity contribution in [1.29, 1.82) is 0 Å². The van der Waals surface area contributed by atoms with Crippen molar-refractivity contribution in [3.8, 4) is 0 Å². The molecule has 4 nitrogen and oxygen atoms in total. The highest BCUT2D eigenvalue weighted by Gasteiger charge is 2.20. The van der Waals surface area contributed by atoms with Crippen molar-refractivity contribution in [3.63, 3.8) is 0 Å². The lowest BCUT2D eigenvalue weighted by atomic mass is 10.1. The molecule has 0 radical (unpaired) electrons. The molecule has 0 aromatic heterocycles. The Hall–Kier alpha value is -0.730. The summed E-state index contributed by atoms with van der Waals surface area (Å²) in [6.07, 6.45) is 1.20. The zero-order chi connectivity index (χ0) is 7.40. The molecule has 1 saturated heterocycles. The molecule has 0 aliphatic carbocycles. The fourth-order valence-corrected chi connectivity index (χ4v) is 1.14. The van der Waals surface area contributed by atoms with Crippen LogP contribution in [-0.2, 0) is 4.74 Å². The lowest BCUT2D eigenvalue weighted by Gasteiger charge is -2.01. The van der Waals surface area contributed by atoms with E-state index in [9.17, 15) is 0 Å². The first kappa shape index (κ1) is 7.38. The van der Waals surface area contributed by atoms with Gasteiger partial charge < -0.3 is 4.74 Å². The Morgan fingerprint density at radius 2 is 2.60 bits per heavy atom. The molecule has 0 amide bonds. The molecule has 4 heteroatoms. The molecule has 0 spiro atoms. The van der Waals surface area contributed by atoms with Gasteiger partial charge in [0.2, 0.25) is 0 Å². The smallest absolute Gasteiger partial charge is 0.0634 e. The third-order valence-electron chi connectivity index (χ3n) is 1.63. The van der Waals surface area contributed by atoms with Gasteiger partial charge in [0, 0.05) is 11.5 Å². The van der Waals surface area contributed by atoms with Crippen LogP contribution in [0, 0.1) is 5.92 Å². The number of ether oxygens (including phenoxy) is 1. The van der Waals surface area contributed by atoms with Crippen LogP contribution in [0.2, 0.25) is 0 Å². The summed E-state index contributed by atoms with van der Waals surface area (Å²) in [5, 5.41) is 3.44. The molecule has 2 atom stereocenters. The van der Waals surface area contributed by atoms with Crippen LogP contribution >= 0.6 is 0 Å². The van der Waals surface area contributed by atoms with Gasteiger partial charge in [0.05, 0.1) is 12.6 Å². The van der Waals surface area contributed by atoms with Crippen LogP contribution in [0.5, 0.6) is 0 Å². The summed E-state index contributed by atoms with van der Waals surface area (Å²) in [5.41, 5.74) is 8.00. The van der Waals surface area contributed by atoms with E-state index in [0.717, 1.165) is 13.0 Å². The molecule has 0 bridgehead atoms. The topological polar surface area (TPSA) is 58.0 Å². The summed E-state index contributed by atoms with van der Waals surface area (Å²) < 4.78 is 5.30. The maximum absolute atomic E-state index is 8.00. The monoisotopic (exact) mass is 141 g/mol. The summed E-state index contributed by atoms with van der Waals surface area (Å²) in [6.45, 7) is 3.43. The first-order valence-corrected chi connectivity index (χ1v) is 3.45. The first-order chi connectivity index (χ1) is 4.83. The van der Waals surface area contributed by atoms with Crippen LogP contribution in [0.15, 0.2) is 5.11 Å². The van der Waals surface area contributed by atoms with Crippen LogP contribution in [-0.4, -0.2) is 19.3 Å². The zero-order valence-electron chi connectivity index (χ0n) is 6.03. The van der Waals surface area contributed by atoms with Gasteiger partial charge in [-0.05, 0) is 17.9 Å². The number of hydrogen-bond acceptors (Lipinski definition) is 2. The van der Waals surface area contributed by atoms with E-state index >= 15 is 0 Å². The molecule has 1 rings (SSSR count). The van der Waals surface area contributed by atoms with E-state index in [1.54, 1.807) is 0 Å². The van der Waals surface area contributed by atoms with Gasteiger partial charge in [-0.2, -0.15) is 0 Å². The van der Waals surface area contributed by atoms with Crippen LogP contribution in [0.1, 0.15) is 13.3 Å². The van der Waals surface area contributed by atoms with Gasteiger partial charge in [-0.25, -0.2) is 0 Å². The molecule has 1 aliphatic rings. The molecule has 56 valence electrons. The van der Waals surface area contributed by atoms with E-state index in [4.69, 9.17) is 10.3 Å². The van der Waals surface area contributed by atoms with E-state index in [-0.39, 0.29) is 6.10 Å². The molecule has 1 aliphatic heterocycles. The van der Waals surface area contributed by atoms with E-state index in [1.165, 1.54) is 0 Å². The van der Waals surface area contributed by atoms with Crippen molar-refractivity contribution in [2.24, 2.45) is 11.0 Å². The Balaban J connectivity index is 2.24. The number of rotatable bonds is 2. The van der Waals surface area contributed by atoms with Crippen molar-refractivity contribution in [2.75, 3.05) is 13.2 Å². The van der Waals surface area contributed by atoms with Crippen molar-refractivity contribution in [3.05, 3.63) is 10.4 Å². The quantitative estimate of drug-likeness (QED) is 0.328. The lowest BCUT2D eigenvalue weighted by Crippen LogP contribution is -2.08. The standard InChI is InChI=1S/C6H11N3O/c1-5-2-6(10-4-5)3-8-9-7/h5-6H,2-4H2,1H3/t5-,6-/m0/s1. The van der Waals surface area contributed by atoms with E-state index in [0.29, 0.717) is 12.5 Å². The Bertz CT molecular complexity index is 153. The minimum atomic E-state index is 0.172.